The molecule has 2 heteroatoms. The van der Waals surface area contributed by atoms with E-state index < -0.39 is 0 Å². The second-order valence-corrected chi connectivity index (χ2v) is 24.9. The van der Waals surface area contributed by atoms with Crippen molar-refractivity contribution in [2.45, 2.75) is 144 Å². The molecule has 424 valence electrons. The van der Waals surface area contributed by atoms with Gasteiger partial charge in [0.05, 0.1) is 11.0 Å². The summed E-state index contributed by atoms with van der Waals surface area (Å²) in [5.41, 5.74) is 26.8. The van der Waals surface area contributed by atoms with Crippen molar-refractivity contribution in [2.24, 2.45) is 0 Å². The van der Waals surface area contributed by atoms with E-state index in [1.165, 1.54) is 162 Å². The highest BCUT2D eigenvalue weighted by molar-refractivity contribution is 6.10. The molecule has 0 aliphatic heterocycles. The summed E-state index contributed by atoms with van der Waals surface area (Å²) < 4.78 is 2.50. The number of unbranched alkanes of at least 4 members (excludes halogenated alkanes) is 6. The van der Waals surface area contributed by atoms with Crippen molar-refractivity contribution in [1.29, 1.82) is 0 Å². The van der Waals surface area contributed by atoms with Gasteiger partial charge in [-0.3, -0.25) is 0 Å². The summed E-state index contributed by atoms with van der Waals surface area (Å²) in [6.45, 7) is 18.3. The Balaban J connectivity index is 0.985. The topological polar surface area (TPSA) is 8.17 Å². The Hall–Kier alpha value is -8.20. The quantitative estimate of drug-likeness (QED) is 0.0614. The van der Waals surface area contributed by atoms with E-state index in [4.69, 9.17) is 0 Å². The van der Waals surface area contributed by atoms with Crippen molar-refractivity contribution >= 4 is 38.9 Å². The van der Waals surface area contributed by atoms with Gasteiger partial charge in [0.25, 0.3) is 0 Å². The molecule has 0 aliphatic rings. The van der Waals surface area contributed by atoms with Gasteiger partial charge in [0, 0.05) is 33.5 Å². The van der Waals surface area contributed by atoms with Crippen LogP contribution < -0.4 is 4.90 Å². The molecule has 0 bridgehead atoms. The molecule has 11 rings (SSSR count). The zero-order valence-electron chi connectivity index (χ0n) is 51.3. The molecule has 0 radical (unpaired) electrons. The van der Waals surface area contributed by atoms with Gasteiger partial charge in [-0.2, -0.15) is 0 Å². The maximum absolute atomic E-state index is 2.60. The van der Waals surface area contributed by atoms with Gasteiger partial charge in [-0.25, -0.2) is 0 Å². The van der Waals surface area contributed by atoms with Gasteiger partial charge in [0.15, 0.2) is 0 Å². The Morgan fingerprint density at radius 3 is 1.38 bits per heavy atom. The van der Waals surface area contributed by atoms with Crippen LogP contribution in [0.2, 0.25) is 0 Å². The third-order valence-corrected chi connectivity index (χ3v) is 17.5. The summed E-state index contributed by atoms with van der Waals surface area (Å²) in [5.74, 6) is 0.503. The van der Waals surface area contributed by atoms with Crippen LogP contribution in [-0.4, -0.2) is 4.57 Å². The molecular weight excluding hydrogens is 1010 g/mol. The number of hydrogen-bond donors (Lipinski definition) is 0. The number of fused-ring (bicyclic) bond motifs is 3. The Morgan fingerprint density at radius 1 is 0.369 bits per heavy atom. The van der Waals surface area contributed by atoms with Gasteiger partial charge in [-0.15, -0.1) is 0 Å². The first-order valence-corrected chi connectivity index (χ1v) is 31.7. The average Bonchev–Trinajstić information content (AvgIpc) is 3.06. The number of aromatic nitrogens is 1. The number of nitrogens with zero attached hydrogens (tertiary/aromatic N) is 2. The van der Waals surface area contributed by atoms with E-state index in [0.29, 0.717) is 5.92 Å². The van der Waals surface area contributed by atoms with Gasteiger partial charge in [0.2, 0.25) is 0 Å². The largest absolute Gasteiger partial charge is 0.311 e. The van der Waals surface area contributed by atoms with Gasteiger partial charge >= 0.3 is 0 Å². The fourth-order valence-corrected chi connectivity index (χ4v) is 12.6. The van der Waals surface area contributed by atoms with Crippen molar-refractivity contribution < 1.29 is 0 Å². The summed E-state index contributed by atoms with van der Waals surface area (Å²) in [6.07, 6.45) is 14.1. The maximum Gasteiger partial charge on any atom is 0.0547 e. The van der Waals surface area contributed by atoms with Crippen molar-refractivity contribution in [1.82, 2.24) is 4.57 Å². The number of para-hydroxylation sites is 1. The number of benzene rings is 10. The molecule has 0 fully saturated rings. The molecule has 0 spiro atoms. The molecule has 10 aromatic carbocycles. The summed E-state index contributed by atoms with van der Waals surface area (Å²) in [4.78, 5) is 2.42. The molecule has 84 heavy (non-hydrogen) atoms. The highest BCUT2D eigenvalue weighted by Gasteiger charge is 2.20. The van der Waals surface area contributed by atoms with Gasteiger partial charge in [-0.05, 0) is 188 Å². The Morgan fingerprint density at radius 2 is 0.845 bits per heavy atom. The number of anilines is 3. The SMILES string of the molecule is CCCCCCc1cc(-c2ccc3c4ccccc4n(-c4ccc(-c5cccc(C(C)(C)C)c5)cc4)c3c2)c(CCCCCC)cc1-c1ccc(N(c2ccc(-c3ccc(CCC)cc3)cc2)c2ccc(-c3ccc(C(C)C)cc3)cc2)cc1. The maximum atomic E-state index is 2.60. The smallest absolute Gasteiger partial charge is 0.0547 e. The molecular formula is C82H86N2. The summed E-state index contributed by atoms with van der Waals surface area (Å²) in [7, 11) is 0. The molecule has 0 N–H and O–H groups in total. The van der Waals surface area contributed by atoms with E-state index in [9.17, 15) is 0 Å². The molecule has 0 aliphatic carbocycles. The van der Waals surface area contributed by atoms with Gasteiger partial charge < -0.3 is 9.47 Å². The lowest BCUT2D eigenvalue weighted by atomic mass is 9.85. The van der Waals surface area contributed by atoms with Crippen LogP contribution in [0.3, 0.4) is 0 Å². The Labute approximate surface area is 502 Å². The van der Waals surface area contributed by atoms with E-state index in [0.717, 1.165) is 42.7 Å². The number of aryl methyl sites for hydroxylation is 3. The normalized spacial score (nSPS) is 11.8. The first-order chi connectivity index (χ1) is 41.0. The van der Waals surface area contributed by atoms with Crippen molar-refractivity contribution in [3.05, 3.63) is 252 Å². The first kappa shape index (κ1) is 57.6. The third kappa shape index (κ3) is 12.8. The van der Waals surface area contributed by atoms with Crippen molar-refractivity contribution in [3.63, 3.8) is 0 Å². The minimum atomic E-state index is 0.0869. The van der Waals surface area contributed by atoms with E-state index in [-0.39, 0.29) is 5.41 Å². The summed E-state index contributed by atoms with van der Waals surface area (Å²) >= 11 is 0. The van der Waals surface area contributed by atoms with Crippen molar-refractivity contribution in [3.8, 4) is 61.3 Å². The van der Waals surface area contributed by atoms with Crippen LogP contribution in [0.5, 0.6) is 0 Å². The van der Waals surface area contributed by atoms with Crippen molar-refractivity contribution in [2.75, 3.05) is 4.90 Å². The van der Waals surface area contributed by atoms with Gasteiger partial charge in [0.1, 0.15) is 0 Å². The monoisotopic (exact) mass is 1100 g/mol. The molecule has 0 saturated carbocycles. The second kappa shape index (κ2) is 26.2. The molecule has 0 atom stereocenters. The summed E-state index contributed by atoms with van der Waals surface area (Å²) in [6, 6.07) is 85.7. The standard InChI is InChI=1S/C82H86N2/c1-9-12-14-16-22-68-56-79(70-44-53-77-76-26-18-19-27-80(76)84(81(77)57-70)75-49-40-65(41-50-75)67-24-20-25-71(54-67)82(6,7)8)69(23-17-15-13-10-2)55-78(68)66-42-51-74(52-43-66)83(72-45-36-63(37-46-72)61-30-28-59(21-11-3)29-31-61)73-47-38-64(39-48-73)62-34-32-60(33-35-62)58(4)5/h18-20,24-58H,9-17,21-23H2,1-8H3. The van der Waals surface area contributed by atoms with Gasteiger partial charge in [-0.1, -0.05) is 264 Å². The Bertz CT molecular complexity index is 3940. The zero-order chi connectivity index (χ0) is 58.2. The molecule has 1 aromatic heterocycles. The minimum absolute atomic E-state index is 0.0869. The number of hydrogen-bond acceptors (Lipinski definition) is 1. The van der Waals surface area contributed by atoms with E-state index in [1.54, 1.807) is 0 Å². The van der Waals surface area contributed by atoms with Crippen LogP contribution in [0, 0.1) is 0 Å². The third-order valence-electron chi connectivity index (χ3n) is 17.5. The van der Waals surface area contributed by atoms with Crippen LogP contribution in [0.15, 0.2) is 224 Å². The first-order valence-electron chi connectivity index (χ1n) is 31.7. The lowest BCUT2D eigenvalue weighted by Gasteiger charge is -2.26. The van der Waals surface area contributed by atoms with Crippen LogP contribution in [-0.2, 0) is 24.7 Å². The van der Waals surface area contributed by atoms with Crippen LogP contribution in [0.4, 0.5) is 17.1 Å². The highest BCUT2D eigenvalue weighted by atomic mass is 15.1. The summed E-state index contributed by atoms with van der Waals surface area (Å²) in [5, 5.41) is 2.57. The van der Waals surface area contributed by atoms with Crippen LogP contribution in [0.25, 0.3) is 83.1 Å². The van der Waals surface area contributed by atoms with Crippen LogP contribution >= 0.6 is 0 Å². The minimum Gasteiger partial charge on any atom is -0.311 e. The Kier molecular flexibility index (Phi) is 17.9. The number of rotatable bonds is 22. The molecule has 11 aromatic rings. The van der Waals surface area contributed by atoms with E-state index in [1.807, 2.05) is 0 Å². The predicted octanol–water partition coefficient (Wildman–Crippen LogP) is 24.2. The van der Waals surface area contributed by atoms with E-state index in [2.05, 4.69) is 289 Å². The van der Waals surface area contributed by atoms with Crippen LogP contribution in [0.1, 0.15) is 147 Å². The highest BCUT2D eigenvalue weighted by Crippen LogP contribution is 2.42. The zero-order valence-corrected chi connectivity index (χ0v) is 51.3. The predicted molar refractivity (Wildman–Crippen MR) is 365 cm³/mol. The molecule has 1 heterocycles. The van der Waals surface area contributed by atoms with E-state index >= 15 is 0 Å². The molecule has 2 nitrogen and oxygen atoms in total. The lowest BCUT2D eigenvalue weighted by molar-refractivity contribution is 0.590. The molecule has 0 amide bonds. The molecule has 0 unspecified atom stereocenters. The lowest BCUT2D eigenvalue weighted by Crippen LogP contribution is -2.10. The fourth-order valence-electron chi connectivity index (χ4n) is 12.6. The average molecular weight is 1100 g/mol. The second-order valence-electron chi connectivity index (χ2n) is 24.9. The fraction of sp³-hybridized carbons (Fsp3) is 0.268. The molecule has 0 saturated heterocycles.